The van der Waals surface area contributed by atoms with Gasteiger partial charge in [0.05, 0.1) is 12.6 Å². The number of likely N-dealkylation sites (N-methyl/N-ethyl adjacent to an activating group) is 1. The maximum atomic E-state index is 12.4. The van der Waals surface area contributed by atoms with Gasteiger partial charge in [-0.1, -0.05) is 54.1 Å². The molecule has 1 aliphatic carbocycles. The lowest BCUT2D eigenvalue weighted by Crippen LogP contribution is -2.38. The molecule has 0 aromatic heterocycles. The van der Waals surface area contributed by atoms with Crippen molar-refractivity contribution in [2.24, 2.45) is 0 Å². The normalized spacial score (nSPS) is 16.7. The van der Waals surface area contributed by atoms with Gasteiger partial charge in [0, 0.05) is 11.6 Å². The molecule has 0 fully saturated rings. The molecule has 2 aromatic carbocycles. The minimum absolute atomic E-state index is 0.0613. The predicted molar refractivity (Wildman–Crippen MR) is 98.0 cm³/mol. The van der Waals surface area contributed by atoms with Gasteiger partial charge in [-0.15, -0.1) is 0 Å². The molecule has 0 spiro atoms. The number of hydrogen-bond donors (Lipinski definition) is 1. The van der Waals surface area contributed by atoms with Crippen molar-refractivity contribution in [3.63, 3.8) is 0 Å². The molecule has 2 aromatic rings. The first-order chi connectivity index (χ1) is 11.6. The Morgan fingerprint density at radius 2 is 1.96 bits per heavy atom. The summed E-state index contributed by atoms with van der Waals surface area (Å²) in [6, 6.07) is 16.3. The summed E-state index contributed by atoms with van der Waals surface area (Å²) in [6.07, 6.45) is 3.24. The Morgan fingerprint density at radius 3 is 2.79 bits per heavy atom. The number of nitrogens with one attached hydrogen (secondary N) is 1. The summed E-state index contributed by atoms with van der Waals surface area (Å²) in [7, 11) is 1.94. The third-order valence-corrected chi connectivity index (χ3v) is 4.88. The molecule has 0 saturated heterocycles. The first-order valence-corrected chi connectivity index (χ1v) is 8.80. The van der Waals surface area contributed by atoms with Crippen LogP contribution in [-0.2, 0) is 17.8 Å². The summed E-state index contributed by atoms with van der Waals surface area (Å²) >= 11 is 6.19. The molecule has 1 atom stereocenters. The molecule has 126 valence electrons. The van der Waals surface area contributed by atoms with Crippen LogP contribution in [-0.4, -0.2) is 24.4 Å². The second-order valence-electron chi connectivity index (χ2n) is 6.47. The number of rotatable bonds is 5. The van der Waals surface area contributed by atoms with Gasteiger partial charge in [0.1, 0.15) is 0 Å². The van der Waals surface area contributed by atoms with E-state index in [0.717, 1.165) is 29.8 Å². The number of benzene rings is 2. The van der Waals surface area contributed by atoms with E-state index in [4.69, 9.17) is 11.6 Å². The highest BCUT2D eigenvalue weighted by Gasteiger charge is 2.21. The van der Waals surface area contributed by atoms with Crippen LogP contribution < -0.4 is 5.32 Å². The molecule has 1 aliphatic rings. The summed E-state index contributed by atoms with van der Waals surface area (Å²) < 4.78 is 0. The van der Waals surface area contributed by atoms with Gasteiger partial charge in [-0.2, -0.15) is 0 Å². The first-order valence-electron chi connectivity index (χ1n) is 8.42. The molecule has 0 bridgehead atoms. The highest BCUT2D eigenvalue weighted by Crippen LogP contribution is 2.29. The molecule has 0 unspecified atom stereocenters. The topological polar surface area (TPSA) is 32.3 Å². The number of amides is 1. The molecular formula is C20H23ClN2O. The molecule has 0 heterocycles. The van der Waals surface area contributed by atoms with Crippen LogP contribution in [0.5, 0.6) is 0 Å². The van der Waals surface area contributed by atoms with Crippen LogP contribution in [0.25, 0.3) is 0 Å². The maximum Gasteiger partial charge on any atom is 0.234 e. The number of fused-ring (bicyclic) bond motifs is 1. The lowest BCUT2D eigenvalue weighted by molar-refractivity contribution is -0.122. The first kappa shape index (κ1) is 17.0. The van der Waals surface area contributed by atoms with E-state index in [1.54, 1.807) is 0 Å². The quantitative estimate of drug-likeness (QED) is 0.891. The van der Waals surface area contributed by atoms with Gasteiger partial charge >= 0.3 is 0 Å². The summed E-state index contributed by atoms with van der Waals surface area (Å²) in [4.78, 5) is 14.4. The van der Waals surface area contributed by atoms with Crippen LogP contribution in [0.3, 0.4) is 0 Å². The third kappa shape index (κ3) is 4.16. The summed E-state index contributed by atoms with van der Waals surface area (Å²) in [6.45, 7) is 1.03. The van der Waals surface area contributed by atoms with Crippen molar-refractivity contribution in [2.75, 3.05) is 13.6 Å². The number of nitrogens with zero attached hydrogens (tertiary/aromatic N) is 1. The zero-order valence-corrected chi connectivity index (χ0v) is 14.7. The van der Waals surface area contributed by atoms with E-state index < -0.39 is 0 Å². The Balaban J connectivity index is 1.57. The molecule has 3 rings (SSSR count). The van der Waals surface area contributed by atoms with Crippen LogP contribution in [0.15, 0.2) is 48.5 Å². The highest BCUT2D eigenvalue weighted by atomic mass is 35.5. The standard InChI is InChI=1S/C20H23ClN2O/c1-23(13-16-8-3-5-11-18(16)21)14-20(24)22-19-12-6-9-15-7-2-4-10-17(15)19/h2-5,7-8,10-11,19H,6,9,12-14H2,1H3,(H,22,24)/t19-/m0/s1. The Bertz CT molecular complexity index is 716. The highest BCUT2D eigenvalue weighted by molar-refractivity contribution is 6.31. The van der Waals surface area contributed by atoms with Gasteiger partial charge in [-0.25, -0.2) is 0 Å². The molecule has 4 heteroatoms. The second kappa shape index (κ2) is 7.82. The molecule has 1 N–H and O–H groups in total. The third-order valence-electron chi connectivity index (χ3n) is 4.52. The van der Waals surface area contributed by atoms with Gasteiger partial charge in [-0.3, -0.25) is 9.69 Å². The van der Waals surface area contributed by atoms with Crippen molar-refractivity contribution in [2.45, 2.75) is 31.8 Å². The average molecular weight is 343 g/mol. The van der Waals surface area contributed by atoms with Gasteiger partial charge in [0.15, 0.2) is 0 Å². The van der Waals surface area contributed by atoms with Crippen LogP contribution >= 0.6 is 11.6 Å². The van der Waals surface area contributed by atoms with E-state index in [2.05, 4.69) is 23.5 Å². The monoisotopic (exact) mass is 342 g/mol. The molecule has 0 radical (unpaired) electrons. The molecule has 0 saturated carbocycles. The number of hydrogen-bond acceptors (Lipinski definition) is 2. The molecule has 24 heavy (non-hydrogen) atoms. The van der Waals surface area contributed by atoms with Gasteiger partial charge < -0.3 is 5.32 Å². The van der Waals surface area contributed by atoms with Crippen LogP contribution in [0.1, 0.15) is 35.6 Å². The minimum atomic E-state index is 0.0613. The smallest absolute Gasteiger partial charge is 0.234 e. The second-order valence-corrected chi connectivity index (χ2v) is 6.88. The fourth-order valence-corrected chi connectivity index (χ4v) is 3.56. The predicted octanol–water partition coefficient (Wildman–Crippen LogP) is 3.97. The molecule has 0 aliphatic heterocycles. The fraction of sp³-hybridized carbons (Fsp3) is 0.350. The Labute approximate surface area is 148 Å². The van der Waals surface area contributed by atoms with Crippen molar-refractivity contribution in [3.05, 3.63) is 70.2 Å². The lowest BCUT2D eigenvalue weighted by atomic mass is 9.88. The number of aryl methyl sites for hydroxylation is 1. The van der Waals surface area contributed by atoms with Gasteiger partial charge in [0.2, 0.25) is 5.91 Å². The van der Waals surface area contributed by atoms with E-state index in [1.165, 1.54) is 11.1 Å². The average Bonchev–Trinajstić information content (AvgIpc) is 2.57. The Kier molecular flexibility index (Phi) is 5.54. The number of carbonyl (C=O) groups excluding carboxylic acids is 1. The number of halogens is 1. The van der Waals surface area contributed by atoms with E-state index in [9.17, 15) is 4.79 Å². The largest absolute Gasteiger partial charge is 0.348 e. The van der Waals surface area contributed by atoms with Crippen LogP contribution in [0, 0.1) is 0 Å². The summed E-state index contributed by atoms with van der Waals surface area (Å²) in [5.74, 6) is 0.0613. The van der Waals surface area contributed by atoms with E-state index in [-0.39, 0.29) is 11.9 Å². The summed E-state index contributed by atoms with van der Waals surface area (Å²) in [5, 5.41) is 3.93. The van der Waals surface area contributed by atoms with Gasteiger partial charge in [0.25, 0.3) is 0 Å². The van der Waals surface area contributed by atoms with E-state index in [0.29, 0.717) is 13.1 Å². The van der Waals surface area contributed by atoms with E-state index in [1.807, 2.05) is 42.3 Å². The van der Waals surface area contributed by atoms with Crippen molar-refractivity contribution in [1.82, 2.24) is 10.2 Å². The fourth-order valence-electron chi connectivity index (χ4n) is 3.36. The molecule has 3 nitrogen and oxygen atoms in total. The SMILES string of the molecule is CN(CC(=O)N[C@H]1CCCc2ccccc21)Cc1ccccc1Cl. The van der Waals surface area contributed by atoms with Crippen molar-refractivity contribution < 1.29 is 4.79 Å². The van der Waals surface area contributed by atoms with Crippen LogP contribution in [0.2, 0.25) is 5.02 Å². The summed E-state index contributed by atoms with van der Waals surface area (Å²) in [5.41, 5.74) is 3.67. The zero-order chi connectivity index (χ0) is 16.9. The zero-order valence-electron chi connectivity index (χ0n) is 14.0. The van der Waals surface area contributed by atoms with Crippen molar-refractivity contribution in [1.29, 1.82) is 0 Å². The Morgan fingerprint density at radius 1 is 1.21 bits per heavy atom. The van der Waals surface area contributed by atoms with Gasteiger partial charge in [-0.05, 0) is 49.1 Å². The van der Waals surface area contributed by atoms with E-state index >= 15 is 0 Å². The maximum absolute atomic E-state index is 12.4. The Hall–Kier alpha value is -1.84. The molecular weight excluding hydrogens is 320 g/mol. The van der Waals surface area contributed by atoms with Crippen LogP contribution in [0.4, 0.5) is 0 Å². The van der Waals surface area contributed by atoms with Crippen molar-refractivity contribution in [3.8, 4) is 0 Å². The molecule has 1 amide bonds. The lowest BCUT2D eigenvalue weighted by Gasteiger charge is -2.27. The van der Waals surface area contributed by atoms with Crippen molar-refractivity contribution >= 4 is 17.5 Å². The minimum Gasteiger partial charge on any atom is -0.348 e. The number of carbonyl (C=O) groups is 1.